The summed E-state index contributed by atoms with van der Waals surface area (Å²) < 4.78 is 5.60. The number of carbonyl (C=O) groups is 1. The molecule has 1 saturated heterocycles. The van der Waals surface area contributed by atoms with Gasteiger partial charge in [-0.15, -0.1) is 5.10 Å². The van der Waals surface area contributed by atoms with Crippen LogP contribution in [0.4, 0.5) is 0 Å². The quantitative estimate of drug-likeness (QED) is 0.793. The molecule has 2 aliphatic rings. The maximum Gasteiger partial charge on any atom is 0.284 e. The van der Waals surface area contributed by atoms with E-state index in [9.17, 15) is 4.79 Å². The van der Waals surface area contributed by atoms with Crippen LogP contribution in [0.5, 0.6) is 0 Å². The lowest BCUT2D eigenvalue weighted by Gasteiger charge is -2.44. The van der Waals surface area contributed by atoms with Crippen molar-refractivity contribution in [2.45, 2.75) is 36.9 Å². The molecule has 4 rings (SSSR count). The van der Waals surface area contributed by atoms with Gasteiger partial charge in [-0.1, -0.05) is 19.3 Å². The summed E-state index contributed by atoms with van der Waals surface area (Å²) in [7, 11) is 0. The second-order valence-electron chi connectivity index (χ2n) is 6.81. The number of aromatic nitrogens is 2. The molecule has 0 bridgehead atoms. The van der Waals surface area contributed by atoms with E-state index in [1.807, 2.05) is 29.2 Å². The Balaban J connectivity index is 1.49. The Labute approximate surface area is 156 Å². The first-order valence-corrected chi connectivity index (χ1v) is 10.1. The van der Waals surface area contributed by atoms with Crippen molar-refractivity contribution in [3.05, 3.63) is 34.7 Å². The first-order chi connectivity index (χ1) is 12.2. The number of H-pyrrole nitrogens is 1. The highest BCUT2D eigenvalue weighted by atomic mass is 32.2. The van der Waals surface area contributed by atoms with E-state index in [4.69, 9.17) is 16.6 Å². The smallest absolute Gasteiger partial charge is 0.284 e. The number of hydrogen-bond acceptors (Lipinski definition) is 5. The third-order valence-corrected chi connectivity index (χ3v) is 6.83. The van der Waals surface area contributed by atoms with Crippen LogP contribution in [0.1, 0.15) is 42.5 Å². The molecule has 1 aliphatic heterocycles. The number of nitrogens with zero attached hydrogens (tertiary/aromatic N) is 2. The Bertz CT molecular complexity index is 801. The normalized spacial score (nSPS) is 19.9. The number of thioether (sulfide) groups is 1. The summed E-state index contributed by atoms with van der Waals surface area (Å²) in [5, 5.41) is 6.62. The highest BCUT2D eigenvalue weighted by Crippen LogP contribution is 2.43. The molecule has 1 N–H and O–H groups in total. The third kappa shape index (κ3) is 3.53. The van der Waals surface area contributed by atoms with Crippen molar-refractivity contribution in [1.82, 2.24) is 15.1 Å². The summed E-state index contributed by atoms with van der Waals surface area (Å²) in [4.78, 5) is 15.2. The van der Waals surface area contributed by atoms with Gasteiger partial charge in [0.2, 0.25) is 5.89 Å². The van der Waals surface area contributed by atoms with Crippen molar-refractivity contribution in [2.75, 3.05) is 18.8 Å². The van der Waals surface area contributed by atoms with E-state index in [0.29, 0.717) is 10.6 Å². The van der Waals surface area contributed by atoms with Gasteiger partial charge in [-0.25, -0.2) is 5.10 Å². The highest BCUT2D eigenvalue weighted by Gasteiger charge is 2.38. The van der Waals surface area contributed by atoms with Gasteiger partial charge in [-0.2, -0.15) is 11.8 Å². The van der Waals surface area contributed by atoms with Crippen LogP contribution in [0.15, 0.2) is 28.7 Å². The molecule has 1 amide bonds. The monoisotopic (exact) mass is 375 g/mol. The van der Waals surface area contributed by atoms with E-state index in [1.165, 1.54) is 32.1 Å². The fraction of sp³-hybridized carbons (Fsp3) is 0.500. The van der Waals surface area contributed by atoms with Gasteiger partial charge in [-0.05, 0) is 49.3 Å². The summed E-state index contributed by atoms with van der Waals surface area (Å²) >= 11 is 6.97. The first-order valence-electron chi connectivity index (χ1n) is 8.74. The lowest BCUT2D eigenvalue weighted by molar-refractivity contribution is 0.0730. The fourth-order valence-corrected chi connectivity index (χ4v) is 5.50. The molecule has 132 valence electrons. The van der Waals surface area contributed by atoms with E-state index in [2.05, 4.69) is 22.0 Å². The minimum absolute atomic E-state index is 0.125. The van der Waals surface area contributed by atoms with Gasteiger partial charge in [0.05, 0.1) is 0 Å². The fourth-order valence-electron chi connectivity index (χ4n) is 3.81. The summed E-state index contributed by atoms with van der Waals surface area (Å²) in [5.41, 5.74) is 1.53. The van der Waals surface area contributed by atoms with Gasteiger partial charge in [0.25, 0.3) is 10.7 Å². The van der Waals surface area contributed by atoms with Crippen LogP contribution in [-0.4, -0.2) is 44.6 Å². The Morgan fingerprint density at radius 1 is 1.24 bits per heavy atom. The lowest BCUT2D eigenvalue weighted by atomic mass is 9.87. The van der Waals surface area contributed by atoms with Crippen LogP contribution in [0.25, 0.3) is 11.5 Å². The number of aromatic amines is 1. The second-order valence-corrected chi connectivity index (χ2v) is 8.75. The Morgan fingerprint density at radius 2 is 2.00 bits per heavy atom. The van der Waals surface area contributed by atoms with E-state index in [0.717, 1.165) is 30.0 Å². The molecule has 1 saturated carbocycles. The Morgan fingerprint density at radius 3 is 2.68 bits per heavy atom. The molecule has 0 atom stereocenters. The van der Waals surface area contributed by atoms with Crippen LogP contribution in [0.3, 0.4) is 0 Å². The average molecular weight is 376 g/mol. The lowest BCUT2D eigenvalue weighted by Crippen LogP contribution is -2.49. The summed E-state index contributed by atoms with van der Waals surface area (Å²) in [6, 6.07) is 7.41. The molecular weight excluding hydrogens is 354 g/mol. The van der Waals surface area contributed by atoms with E-state index >= 15 is 0 Å². The van der Waals surface area contributed by atoms with E-state index < -0.39 is 0 Å². The van der Waals surface area contributed by atoms with Crippen LogP contribution in [0.2, 0.25) is 0 Å². The van der Waals surface area contributed by atoms with Gasteiger partial charge >= 0.3 is 0 Å². The van der Waals surface area contributed by atoms with Gasteiger partial charge in [0, 0.05) is 34.7 Å². The molecule has 2 heterocycles. The zero-order valence-electron chi connectivity index (χ0n) is 14.0. The predicted octanol–water partition coefficient (Wildman–Crippen LogP) is 4.29. The number of benzene rings is 1. The molecule has 2 aromatic rings. The molecular formula is C18H21N3O2S2. The molecule has 2 fully saturated rings. The highest BCUT2D eigenvalue weighted by molar-refractivity contribution is 8.00. The van der Waals surface area contributed by atoms with E-state index in [-0.39, 0.29) is 10.7 Å². The molecule has 1 aromatic carbocycles. The minimum atomic E-state index is 0.125. The van der Waals surface area contributed by atoms with Gasteiger partial charge in [0.15, 0.2) is 0 Å². The van der Waals surface area contributed by atoms with Gasteiger partial charge in [-0.3, -0.25) is 4.79 Å². The van der Waals surface area contributed by atoms with Gasteiger partial charge < -0.3 is 9.32 Å². The summed E-state index contributed by atoms with van der Waals surface area (Å²) in [5.74, 6) is 1.61. The minimum Gasteiger partial charge on any atom is -0.409 e. The number of rotatable bonds is 2. The van der Waals surface area contributed by atoms with Crippen molar-refractivity contribution in [2.24, 2.45) is 0 Å². The van der Waals surface area contributed by atoms with Crippen LogP contribution >= 0.6 is 24.0 Å². The largest absolute Gasteiger partial charge is 0.409 e. The number of amides is 1. The number of hydrogen-bond donors (Lipinski definition) is 1. The predicted molar refractivity (Wildman–Crippen MR) is 101 cm³/mol. The average Bonchev–Trinajstić information content (AvgIpc) is 3.08. The number of nitrogens with one attached hydrogen (secondary N) is 1. The van der Waals surface area contributed by atoms with Crippen molar-refractivity contribution >= 4 is 29.9 Å². The summed E-state index contributed by atoms with van der Waals surface area (Å²) in [6.07, 6.45) is 6.40. The Hall–Kier alpha value is -1.60. The molecule has 1 spiro atoms. The number of carbonyl (C=O) groups excluding carboxylic acids is 1. The van der Waals surface area contributed by atoms with Crippen LogP contribution in [0, 0.1) is 4.84 Å². The van der Waals surface area contributed by atoms with Crippen LogP contribution in [-0.2, 0) is 0 Å². The zero-order chi connectivity index (χ0) is 17.3. The van der Waals surface area contributed by atoms with Crippen molar-refractivity contribution in [3.63, 3.8) is 0 Å². The molecule has 1 aromatic heterocycles. The molecule has 1 aliphatic carbocycles. The third-order valence-electron chi connectivity index (χ3n) is 5.12. The molecule has 0 radical (unpaired) electrons. The topological polar surface area (TPSA) is 62.1 Å². The maximum absolute atomic E-state index is 12.9. The molecule has 0 unspecified atom stereocenters. The van der Waals surface area contributed by atoms with Crippen LogP contribution < -0.4 is 0 Å². The van der Waals surface area contributed by atoms with Crippen molar-refractivity contribution in [1.29, 1.82) is 0 Å². The summed E-state index contributed by atoms with van der Waals surface area (Å²) in [6.45, 7) is 1.72. The second kappa shape index (κ2) is 6.96. The van der Waals surface area contributed by atoms with Gasteiger partial charge in [0.1, 0.15) is 0 Å². The Kier molecular flexibility index (Phi) is 4.69. The standard InChI is InChI=1S/C18H21N3O2S2/c22-16(21-10-11-25-18(12-21)8-2-1-3-9-18)14-6-4-13(5-7-14)15-19-20-17(24)23-15/h4-7H,1-3,8-12H2,(H,20,24). The van der Waals surface area contributed by atoms with Crippen molar-refractivity contribution in [3.8, 4) is 11.5 Å². The van der Waals surface area contributed by atoms with E-state index in [1.54, 1.807) is 0 Å². The molecule has 5 nitrogen and oxygen atoms in total. The maximum atomic E-state index is 12.9. The zero-order valence-corrected chi connectivity index (χ0v) is 15.6. The first kappa shape index (κ1) is 16.8. The SMILES string of the molecule is O=C(c1ccc(-c2n[nH]c(=S)o2)cc1)N1CCSC2(CCCCC2)C1. The molecule has 7 heteroatoms. The van der Waals surface area contributed by atoms with Crippen molar-refractivity contribution < 1.29 is 9.21 Å². The molecule has 25 heavy (non-hydrogen) atoms.